The first-order valence-corrected chi connectivity index (χ1v) is 5.57. The second-order valence-electron chi connectivity index (χ2n) is 3.62. The molecular weight excluding hydrogens is 249 g/mol. The highest BCUT2D eigenvalue weighted by atomic mass is 35.5. The van der Waals surface area contributed by atoms with Crippen LogP contribution >= 0.6 is 24.0 Å². The van der Waals surface area contributed by atoms with Gasteiger partial charge in [0, 0.05) is 18.3 Å². The minimum Gasteiger partial charge on any atom is -0.476 e. The molecule has 0 radical (unpaired) electrons. The summed E-state index contributed by atoms with van der Waals surface area (Å²) in [5.74, 6) is 0.544. The van der Waals surface area contributed by atoms with Crippen LogP contribution in [0.5, 0.6) is 5.88 Å². The molecular formula is C10H15Cl2N3O. The second-order valence-corrected chi connectivity index (χ2v) is 3.96. The van der Waals surface area contributed by atoms with Crippen LogP contribution in [-0.4, -0.2) is 29.2 Å². The molecule has 1 fully saturated rings. The number of nitrogens with zero attached hydrogens (tertiary/aromatic N) is 2. The maximum Gasteiger partial charge on any atom is 0.225 e. The van der Waals surface area contributed by atoms with Gasteiger partial charge >= 0.3 is 0 Å². The quantitative estimate of drug-likeness (QED) is 0.849. The molecule has 1 unspecified atom stereocenters. The van der Waals surface area contributed by atoms with Crippen LogP contribution in [-0.2, 0) is 0 Å². The lowest BCUT2D eigenvalue weighted by Crippen LogP contribution is -2.38. The van der Waals surface area contributed by atoms with Crippen LogP contribution in [0.1, 0.15) is 19.3 Å². The molecule has 0 saturated carbocycles. The smallest absolute Gasteiger partial charge is 0.225 e. The van der Waals surface area contributed by atoms with Crippen LogP contribution in [0.3, 0.4) is 0 Å². The number of aromatic nitrogens is 2. The molecule has 2 heterocycles. The molecule has 1 atom stereocenters. The predicted octanol–water partition coefficient (Wildman–Crippen LogP) is 2.07. The van der Waals surface area contributed by atoms with Crippen molar-refractivity contribution >= 4 is 24.0 Å². The molecule has 16 heavy (non-hydrogen) atoms. The van der Waals surface area contributed by atoms with Gasteiger partial charge in [0.05, 0.1) is 0 Å². The van der Waals surface area contributed by atoms with Crippen LogP contribution in [0.25, 0.3) is 0 Å². The lowest BCUT2D eigenvalue weighted by Gasteiger charge is -2.23. The highest BCUT2D eigenvalue weighted by molar-refractivity contribution is 6.28. The number of halogens is 2. The fourth-order valence-electron chi connectivity index (χ4n) is 1.65. The summed E-state index contributed by atoms with van der Waals surface area (Å²) in [7, 11) is 0. The largest absolute Gasteiger partial charge is 0.476 e. The number of ether oxygens (including phenoxy) is 1. The Morgan fingerprint density at radius 1 is 1.50 bits per heavy atom. The summed E-state index contributed by atoms with van der Waals surface area (Å²) < 4.78 is 5.53. The third-order valence-electron chi connectivity index (χ3n) is 2.45. The lowest BCUT2D eigenvalue weighted by molar-refractivity contribution is 0.232. The van der Waals surface area contributed by atoms with E-state index in [4.69, 9.17) is 16.3 Å². The van der Waals surface area contributed by atoms with E-state index < -0.39 is 0 Å². The molecule has 0 aliphatic carbocycles. The Bertz CT molecular complexity index is 319. The van der Waals surface area contributed by atoms with E-state index in [9.17, 15) is 0 Å². The average molecular weight is 264 g/mol. The minimum absolute atomic E-state index is 0. The third kappa shape index (κ3) is 4.12. The Kier molecular flexibility index (Phi) is 5.80. The molecule has 1 aliphatic rings. The van der Waals surface area contributed by atoms with Gasteiger partial charge in [-0.25, -0.2) is 4.98 Å². The van der Waals surface area contributed by atoms with Gasteiger partial charge in [-0.1, -0.05) is 6.42 Å². The van der Waals surface area contributed by atoms with Crippen LogP contribution in [0.15, 0.2) is 12.3 Å². The van der Waals surface area contributed by atoms with Crippen molar-refractivity contribution in [2.75, 3.05) is 13.2 Å². The van der Waals surface area contributed by atoms with Gasteiger partial charge in [0.2, 0.25) is 11.2 Å². The Balaban J connectivity index is 0.00000128. The zero-order valence-electron chi connectivity index (χ0n) is 8.86. The summed E-state index contributed by atoms with van der Waals surface area (Å²) in [6.07, 6.45) is 5.29. The molecule has 0 aromatic carbocycles. The van der Waals surface area contributed by atoms with Crippen molar-refractivity contribution in [3.63, 3.8) is 0 Å². The molecule has 6 heteroatoms. The van der Waals surface area contributed by atoms with Crippen LogP contribution < -0.4 is 10.1 Å². The van der Waals surface area contributed by atoms with Gasteiger partial charge in [-0.15, -0.1) is 12.4 Å². The summed E-state index contributed by atoms with van der Waals surface area (Å²) in [5, 5.41) is 3.63. The zero-order valence-corrected chi connectivity index (χ0v) is 10.4. The standard InChI is InChI=1S/C10H14ClN3O.ClH/c11-10-13-6-4-9(14-10)15-7-8-3-1-2-5-12-8;/h4,6,8,12H,1-3,5,7H2;1H. The van der Waals surface area contributed by atoms with Gasteiger partial charge in [0.15, 0.2) is 0 Å². The van der Waals surface area contributed by atoms with E-state index in [1.165, 1.54) is 19.3 Å². The molecule has 1 aromatic rings. The van der Waals surface area contributed by atoms with E-state index >= 15 is 0 Å². The summed E-state index contributed by atoms with van der Waals surface area (Å²) in [4.78, 5) is 7.76. The van der Waals surface area contributed by atoms with Crippen molar-refractivity contribution in [3.05, 3.63) is 17.5 Å². The number of nitrogens with one attached hydrogen (secondary N) is 1. The molecule has 0 amide bonds. The predicted molar refractivity (Wildman–Crippen MR) is 65.4 cm³/mol. The minimum atomic E-state index is 0. The van der Waals surface area contributed by atoms with Gasteiger partial charge in [-0.05, 0) is 31.0 Å². The first-order chi connectivity index (χ1) is 7.34. The fraction of sp³-hybridized carbons (Fsp3) is 0.600. The Morgan fingerprint density at radius 3 is 3.06 bits per heavy atom. The van der Waals surface area contributed by atoms with Crippen molar-refractivity contribution in [1.29, 1.82) is 0 Å². The Labute approximate surface area is 106 Å². The van der Waals surface area contributed by atoms with Crippen molar-refractivity contribution in [1.82, 2.24) is 15.3 Å². The van der Waals surface area contributed by atoms with Crippen molar-refractivity contribution in [2.45, 2.75) is 25.3 Å². The summed E-state index contributed by atoms with van der Waals surface area (Å²) >= 11 is 5.65. The van der Waals surface area contributed by atoms with Crippen LogP contribution in [0, 0.1) is 0 Å². The van der Waals surface area contributed by atoms with E-state index in [0.717, 1.165) is 6.54 Å². The van der Waals surface area contributed by atoms with Gasteiger partial charge in [0.1, 0.15) is 6.61 Å². The molecule has 4 nitrogen and oxygen atoms in total. The van der Waals surface area contributed by atoms with E-state index in [1.807, 2.05) is 0 Å². The molecule has 0 spiro atoms. The Morgan fingerprint density at radius 2 is 2.38 bits per heavy atom. The van der Waals surface area contributed by atoms with Crippen molar-refractivity contribution < 1.29 is 4.74 Å². The molecule has 1 saturated heterocycles. The molecule has 1 aliphatic heterocycles. The number of rotatable bonds is 3. The van der Waals surface area contributed by atoms with Crippen molar-refractivity contribution in [2.24, 2.45) is 0 Å². The molecule has 0 bridgehead atoms. The molecule has 1 aromatic heterocycles. The zero-order chi connectivity index (χ0) is 10.5. The van der Waals surface area contributed by atoms with Gasteiger partial charge in [-0.2, -0.15) is 4.98 Å². The van der Waals surface area contributed by atoms with E-state index in [1.54, 1.807) is 12.3 Å². The maximum absolute atomic E-state index is 5.65. The van der Waals surface area contributed by atoms with Gasteiger partial charge in [0.25, 0.3) is 0 Å². The van der Waals surface area contributed by atoms with E-state index in [-0.39, 0.29) is 17.7 Å². The second kappa shape index (κ2) is 6.89. The molecule has 90 valence electrons. The first kappa shape index (κ1) is 13.5. The highest BCUT2D eigenvalue weighted by Crippen LogP contribution is 2.11. The lowest BCUT2D eigenvalue weighted by atomic mass is 10.1. The number of hydrogen-bond donors (Lipinski definition) is 1. The van der Waals surface area contributed by atoms with E-state index in [0.29, 0.717) is 18.5 Å². The monoisotopic (exact) mass is 263 g/mol. The van der Waals surface area contributed by atoms with Gasteiger partial charge in [-0.3, -0.25) is 0 Å². The normalized spacial score (nSPS) is 19.9. The fourth-order valence-corrected chi connectivity index (χ4v) is 1.79. The van der Waals surface area contributed by atoms with Crippen LogP contribution in [0.4, 0.5) is 0 Å². The SMILES string of the molecule is Cl.Clc1nccc(OCC2CCCCN2)n1. The maximum atomic E-state index is 5.65. The van der Waals surface area contributed by atoms with Gasteiger partial charge < -0.3 is 10.1 Å². The van der Waals surface area contributed by atoms with Crippen LogP contribution in [0.2, 0.25) is 5.28 Å². The highest BCUT2D eigenvalue weighted by Gasteiger charge is 2.13. The molecule has 1 N–H and O–H groups in total. The summed E-state index contributed by atoms with van der Waals surface area (Å²) in [6, 6.07) is 2.15. The summed E-state index contributed by atoms with van der Waals surface area (Å²) in [5.41, 5.74) is 0. The van der Waals surface area contributed by atoms with E-state index in [2.05, 4.69) is 15.3 Å². The third-order valence-corrected chi connectivity index (χ3v) is 2.63. The molecule has 2 rings (SSSR count). The van der Waals surface area contributed by atoms with Crippen molar-refractivity contribution in [3.8, 4) is 5.88 Å². The number of piperidine rings is 1. The number of hydrogen-bond acceptors (Lipinski definition) is 4. The topological polar surface area (TPSA) is 47.0 Å². The average Bonchev–Trinajstić information content (AvgIpc) is 2.28. The first-order valence-electron chi connectivity index (χ1n) is 5.19. The Hall–Kier alpha value is -0.580. The summed E-state index contributed by atoms with van der Waals surface area (Å²) in [6.45, 7) is 1.73.